The molecule has 4 rings (SSSR count). The molecule has 2 aromatic rings. The molecule has 1 unspecified atom stereocenters. The Kier molecular flexibility index (Phi) is 3.72. The van der Waals surface area contributed by atoms with Crippen LogP contribution in [0.25, 0.3) is 0 Å². The normalized spacial score (nSPS) is 21.1. The highest BCUT2D eigenvalue weighted by Crippen LogP contribution is 2.38. The molecule has 134 valence electrons. The van der Waals surface area contributed by atoms with Crippen LogP contribution in [-0.4, -0.2) is 30.7 Å². The first-order valence-electron chi connectivity index (χ1n) is 8.18. The van der Waals surface area contributed by atoms with E-state index in [2.05, 4.69) is 5.32 Å². The largest absolute Gasteiger partial charge is 0.497 e. The molecule has 1 saturated heterocycles. The fourth-order valence-corrected chi connectivity index (χ4v) is 3.16. The molecule has 0 aromatic heterocycles. The first-order valence-corrected chi connectivity index (χ1v) is 8.18. The second-order valence-electron chi connectivity index (χ2n) is 6.36. The van der Waals surface area contributed by atoms with Crippen LogP contribution < -0.4 is 19.5 Å². The number of rotatable bonds is 4. The number of carbonyl (C=O) groups excluding carboxylic acids is 2. The van der Waals surface area contributed by atoms with Crippen molar-refractivity contribution in [2.24, 2.45) is 0 Å². The number of nitrogens with zero attached hydrogens (tertiary/aromatic N) is 1. The SMILES string of the molecule is COc1ccc(CN2C(=O)NC(C)(c3ccc4c(c3)OCO4)C2=O)cc1. The summed E-state index contributed by atoms with van der Waals surface area (Å²) in [5.41, 5.74) is 0.339. The third-order valence-corrected chi connectivity index (χ3v) is 4.72. The summed E-state index contributed by atoms with van der Waals surface area (Å²) < 4.78 is 15.8. The maximum absolute atomic E-state index is 13.0. The van der Waals surface area contributed by atoms with E-state index >= 15 is 0 Å². The fourth-order valence-electron chi connectivity index (χ4n) is 3.16. The number of urea groups is 1. The lowest BCUT2D eigenvalue weighted by Gasteiger charge is -2.22. The van der Waals surface area contributed by atoms with Gasteiger partial charge in [0, 0.05) is 0 Å². The molecule has 1 fully saturated rings. The summed E-state index contributed by atoms with van der Waals surface area (Å²) in [6.07, 6.45) is 0. The molecule has 1 N–H and O–H groups in total. The zero-order valence-electron chi connectivity index (χ0n) is 14.4. The molecule has 1 atom stereocenters. The van der Waals surface area contributed by atoms with Gasteiger partial charge in [-0.2, -0.15) is 0 Å². The number of imide groups is 1. The van der Waals surface area contributed by atoms with E-state index in [4.69, 9.17) is 14.2 Å². The Labute approximate surface area is 150 Å². The van der Waals surface area contributed by atoms with Gasteiger partial charge in [0.2, 0.25) is 6.79 Å². The van der Waals surface area contributed by atoms with E-state index in [0.29, 0.717) is 17.1 Å². The Balaban J connectivity index is 1.59. The van der Waals surface area contributed by atoms with Crippen LogP contribution in [0.4, 0.5) is 4.79 Å². The number of hydrogen-bond donors (Lipinski definition) is 1. The highest BCUT2D eigenvalue weighted by atomic mass is 16.7. The molecule has 0 radical (unpaired) electrons. The van der Waals surface area contributed by atoms with Crippen molar-refractivity contribution in [2.45, 2.75) is 19.0 Å². The van der Waals surface area contributed by atoms with Crippen LogP contribution in [0.2, 0.25) is 0 Å². The lowest BCUT2D eigenvalue weighted by Crippen LogP contribution is -2.40. The average Bonchev–Trinajstić information content (AvgIpc) is 3.21. The third kappa shape index (κ3) is 2.52. The smallest absolute Gasteiger partial charge is 0.325 e. The standard InChI is InChI=1S/C19H18N2O5/c1-19(13-5-8-15-16(9-13)26-11-25-15)17(22)21(18(23)20-19)10-12-3-6-14(24-2)7-4-12/h3-9H,10-11H2,1-2H3,(H,20,23). The summed E-state index contributed by atoms with van der Waals surface area (Å²) in [5, 5.41) is 2.80. The molecular formula is C19H18N2O5. The predicted octanol–water partition coefficient (Wildman–Crippen LogP) is 2.39. The zero-order chi connectivity index (χ0) is 18.3. The van der Waals surface area contributed by atoms with Gasteiger partial charge < -0.3 is 19.5 Å². The summed E-state index contributed by atoms with van der Waals surface area (Å²) in [6, 6.07) is 12.1. The Morgan fingerprint density at radius 2 is 1.85 bits per heavy atom. The van der Waals surface area contributed by atoms with Gasteiger partial charge in [-0.15, -0.1) is 0 Å². The second-order valence-corrected chi connectivity index (χ2v) is 6.36. The number of methoxy groups -OCH3 is 1. The van der Waals surface area contributed by atoms with Gasteiger partial charge in [0.15, 0.2) is 11.5 Å². The van der Waals surface area contributed by atoms with Gasteiger partial charge in [-0.3, -0.25) is 9.69 Å². The summed E-state index contributed by atoms with van der Waals surface area (Å²) >= 11 is 0. The molecular weight excluding hydrogens is 336 g/mol. The van der Waals surface area contributed by atoms with Crippen molar-refractivity contribution in [3.8, 4) is 17.2 Å². The maximum Gasteiger partial charge on any atom is 0.325 e. The van der Waals surface area contributed by atoms with Crippen LogP contribution in [0.1, 0.15) is 18.1 Å². The minimum absolute atomic E-state index is 0.152. The monoisotopic (exact) mass is 354 g/mol. The first-order chi connectivity index (χ1) is 12.5. The summed E-state index contributed by atoms with van der Waals surface area (Å²) in [6.45, 7) is 2.03. The molecule has 7 nitrogen and oxygen atoms in total. The van der Waals surface area contributed by atoms with Gasteiger partial charge >= 0.3 is 6.03 Å². The number of hydrogen-bond acceptors (Lipinski definition) is 5. The molecule has 2 aliphatic rings. The minimum atomic E-state index is -1.15. The lowest BCUT2D eigenvalue weighted by molar-refractivity contribution is -0.131. The molecule has 2 aromatic carbocycles. The van der Waals surface area contributed by atoms with Gasteiger partial charge in [0.05, 0.1) is 13.7 Å². The van der Waals surface area contributed by atoms with Crippen molar-refractivity contribution in [3.63, 3.8) is 0 Å². The highest BCUT2D eigenvalue weighted by molar-refractivity contribution is 6.07. The molecule has 0 aliphatic carbocycles. The van der Waals surface area contributed by atoms with Gasteiger partial charge in [0.1, 0.15) is 11.3 Å². The van der Waals surface area contributed by atoms with Crippen molar-refractivity contribution in [2.75, 3.05) is 13.9 Å². The Morgan fingerprint density at radius 1 is 1.12 bits per heavy atom. The van der Waals surface area contributed by atoms with Crippen LogP contribution in [0, 0.1) is 0 Å². The number of carbonyl (C=O) groups is 2. The van der Waals surface area contributed by atoms with Crippen LogP contribution >= 0.6 is 0 Å². The van der Waals surface area contributed by atoms with Gasteiger partial charge in [0.25, 0.3) is 5.91 Å². The molecule has 0 spiro atoms. The third-order valence-electron chi connectivity index (χ3n) is 4.72. The van der Waals surface area contributed by atoms with E-state index in [1.165, 1.54) is 4.90 Å². The Morgan fingerprint density at radius 3 is 2.58 bits per heavy atom. The van der Waals surface area contributed by atoms with Crippen LogP contribution in [0.3, 0.4) is 0 Å². The van der Waals surface area contributed by atoms with Gasteiger partial charge in [-0.05, 0) is 42.3 Å². The zero-order valence-corrected chi connectivity index (χ0v) is 14.4. The van der Waals surface area contributed by atoms with E-state index in [-0.39, 0.29) is 19.2 Å². The van der Waals surface area contributed by atoms with Crippen LogP contribution in [-0.2, 0) is 16.9 Å². The summed E-state index contributed by atoms with van der Waals surface area (Å²) in [5.74, 6) is 1.61. The van der Waals surface area contributed by atoms with Crippen molar-refractivity contribution in [1.29, 1.82) is 0 Å². The molecule has 0 bridgehead atoms. The molecule has 7 heteroatoms. The highest BCUT2D eigenvalue weighted by Gasteiger charge is 2.49. The number of fused-ring (bicyclic) bond motifs is 1. The molecule has 3 amide bonds. The van der Waals surface area contributed by atoms with E-state index < -0.39 is 11.6 Å². The number of benzene rings is 2. The van der Waals surface area contributed by atoms with Crippen molar-refractivity contribution < 1.29 is 23.8 Å². The van der Waals surface area contributed by atoms with E-state index in [0.717, 1.165) is 11.3 Å². The van der Waals surface area contributed by atoms with E-state index in [9.17, 15) is 9.59 Å². The van der Waals surface area contributed by atoms with Crippen molar-refractivity contribution in [3.05, 3.63) is 53.6 Å². The lowest BCUT2D eigenvalue weighted by atomic mass is 9.91. The quantitative estimate of drug-likeness (QED) is 0.853. The van der Waals surface area contributed by atoms with Crippen LogP contribution in [0.5, 0.6) is 17.2 Å². The fraction of sp³-hybridized carbons (Fsp3) is 0.263. The number of amides is 3. The Bertz CT molecular complexity index is 880. The van der Waals surface area contributed by atoms with E-state index in [1.54, 1.807) is 44.4 Å². The molecule has 26 heavy (non-hydrogen) atoms. The molecule has 0 saturated carbocycles. The van der Waals surface area contributed by atoms with Gasteiger partial charge in [-0.1, -0.05) is 18.2 Å². The summed E-state index contributed by atoms with van der Waals surface area (Å²) in [7, 11) is 1.59. The number of nitrogens with one attached hydrogen (secondary N) is 1. The topological polar surface area (TPSA) is 77.1 Å². The molecule has 2 heterocycles. The summed E-state index contributed by atoms with van der Waals surface area (Å²) in [4.78, 5) is 26.7. The number of ether oxygens (including phenoxy) is 3. The van der Waals surface area contributed by atoms with Gasteiger partial charge in [-0.25, -0.2) is 4.79 Å². The van der Waals surface area contributed by atoms with Crippen molar-refractivity contribution in [1.82, 2.24) is 10.2 Å². The first kappa shape index (κ1) is 16.3. The second kappa shape index (κ2) is 5.94. The minimum Gasteiger partial charge on any atom is -0.497 e. The molecule has 2 aliphatic heterocycles. The predicted molar refractivity (Wildman–Crippen MR) is 92.0 cm³/mol. The van der Waals surface area contributed by atoms with Crippen LogP contribution in [0.15, 0.2) is 42.5 Å². The Hall–Kier alpha value is -3.22. The van der Waals surface area contributed by atoms with Crippen molar-refractivity contribution >= 4 is 11.9 Å². The average molecular weight is 354 g/mol. The van der Waals surface area contributed by atoms with E-state index in [1.807, 2.05) is 12.1 Å². The maximum atomic E-state index is 13.0.